The van der Waals surface area contributed by atoms with Crippen LogP contribution in [0.4, 0.5) is 4.79 Å². The fraction of sp³-hybridized carbons (Fsp3) is 0.522. The lowest BCUT2D eigenvalue weighted by Crippen LogP contribution is -2.51. The molecule has 1 aromatic rings. The maximum atomic E-state index is 13.1. The summed E-state index contributed by atoms with van der Waals surface area (Å²) in [4.78, 5) is 37.2. The lowest BCUT2D eigenvalue weighted by Gasteiger charge is -2.28. The van der Waals surface area contributed by atoms with Gasteiger partial charge in [0.2, 0.25) is 10.0 Å². The first-order valence-electron chi connectivity index (χ1n) is 11.5. The quantitative estimate of drug-likeness (QED) is 0.531. The number of hydrogen-bond donors (Lipinski definition) is 2. The molecule has 0 bridgehead atoms. The molecular formula is C23H31N3O7S. The second kappa shape index (κ2) is 11.5. The minimum Gasteiger partial charge on any atom is -0.463 e. The van der Waals surface area contributed by atoms with Crippen molar-refractivity contribution in [3.63, 3.8) is 0 Å². The van der Waals surface area contributed by atoms with Crippen LogP contribution >= 0.6 is 0 Å². The second-order valence-corrected chi connectivity index (χ2v) is 10.0. The summed E-state index contributed by atoms with van der Waals surface area (Å²) in [6, 6.07) is 4.60. The summed E-state index contributed by atoms with van der Waals surface area (Å²) in [6.07, 6.45) is 4.03. The normalized spacial score (nSPS) is 19.6. The van der Waals surface area contributed by atoms with Gasteiger partial charge in [-0.05, 0) is 44.4 Å². The van der Waals surface area contributed by atoms with Crippen LogP contribution in [0.25, 0.3) is 0 Å². The van der Waals surface area contributed by atoms with Crippen molar-refractivity contribution in [2.24, 2.45) is 0 Å². The number of benzene rings is 1. The molecule has 2 amide bonds. The highest BCUT2D eigenvalue weighted by molar-refractivity contribution is 7.89. The Morgan fingerprint density at radius 1 is 1.06 bits per heavy atom. The number of hydrogen-bond acceptors (Lipinski definition) is 7. The van der Waals surface area contributed by atoms with Gasteiger partial charge in [0.25, 0.3) is 0 Å². The molecule has 0 aromatic heterocycles. The third-order valence-electron chi connectivity index (χ3n) is 5.77. The largest absolute Gasteiger partial charge is 0.463 e. The van der Waals surface area contributed by atoms with Crippen molar-refractivity contribution in [2.45, 2.75) is 56.9 Å². The number of esters is 2. The molecule has 1 aromatic carbocycles. The van der Waals surface area contributed by atoms with Gasteiger partial charge >= 0.3 is 18.0 Å². The Morgan fingerprint density at radius 2 is 1.76 bits per heavy atom. The molecule has 1 fully saturated rings. The van der Waals surface area contributed by atoms with Crippen LogP contribution in [0.1, 0.15) is 56.3 Å². The molecule has 0 aliphatic carbocycles. The van der Waals surface area contributed by atoms with Crippen LogP contribution < -0.4 is 10.6 Å². The summed E-state index contributed by atoms with van der Waals surface area (Å²) < 4.78 is 38.0. The van der Waals surface area contributed by atoms with Crippen molar-refractivity contribution in [1.29, 1.82) is 0 Å². The van der Waals surface area contributed by atoms with Gasteiger partial charge in [-0.2, -0.15) is 4.31 Å². The molecule has 0 radical (unpaired) electrons. The predicted molar refractivity (Wildman–Crippen MR) is 123 cm³/mol. The first-order chi connectivity index (χ1) is 16.3. The van der Waals surface area contributed by atoms with Gasteiger partial charge in [0.1, 0.15) is 6.61 Å². The fourth-order valence-electron chi connectivity index (χ4n) is 4.01. The minimum atomic E-state index is -3.73. The summed E-state index contributed by atoms with van der Waals surface area (Å²) in [7, 11) is -3.73. The molecule has 1 atom stereocenters. The predicted octanol–water partition coefficient (Wildman–Crippen LogP) is 2.32. The number of ether oxygens (including phenoxy) is 2. The highest BCUT2D eigenvalue weighted by atomic mass is 32.2. The van der Waals surface area contributed by atoms with E-state index in [9.17, 15) is 22.8 Å². The number of rotatable bonds is 8. The van der Waals surface area contributed by atoms with Crippen LogP contribution in [0.2, 0.25) is 0 Å². The van der Waals surface area contributed by atoms with Crippen molar-refractivity contribution < 1.29 is 32.3 Å². The van der Waals surface area contributed by atoms with E-state index in [0.717, 1.165) is 25.7 Å². The van der Waals surface area contributed by atoms with Crippen LogP contribution in [0, 0.1) is 0 Å². The van der Waals surface area contributed by atoms with Crippen molar-refractivity contribution in [3.8, 4) is 0 Å². The average molecular weight is 494 g/mol. The first kappa shape index (κ1) is 25.7. The Kier molecular flexibility index (Phi) is 8.67. The molecule has 1 saturated heterocycles. The first-order valence-corrected chi connectivity index (χ1v) is 13.0. The van der Waals surface area contributed by atoms with Crippen molar-refractivity contribution >= 4 is 28.0 Å². The number of nitrogens with zero attached hydrogens (tertiary/aromatic N) is 1. The molecule has 2 heterocycles. The zero-order valence-corrected chi connectivity index (χ0v) is 20.3. The van der Waals surface area contributed by atoms with E-state index in [1.54, 1.807) is 13.8 Å². The molecule has 0 saturated carbocycles. The van der Waals surface area contributed by atoms with E-state index in [1.807, 2.05) is 0 Å². The molecule has 10 nitrogen and oxygen atoms in total. The third-order valence-corrected chi connectivity index (χ3v) is 7.66. The molecule has 2 aliphatic rings. The maximum absolute atomic E-state index is 13.1. The van der Waals surface area contributed by atoms with Gasteiger partial charge in [-0.1, -0.05) is 25.8 Å². The van der Waals surface area contributed by atoms with E-state index in [0.29, 0.717) is 19.5 Å². The number of amides is 2. The molecule has 2 N–H and O–H groups in total. The highest BCUT2D eigenvalue weighted by Crippen LogP contribution is 2.22. The molecule has 11 heteroatoms. The number of sulfonamides is 1. The van der Waals surface area contributed by atoms with Gasteiger partial charge in [-0.15, -0.1) is 0 Å². The Labute approximate surface area is 199 Å². The summed E-state index contributed by atoms with van der Waals surface area (Å²) in [6.45, 7) is 4.15. The van der Waals surface area contributed by atoms with Gasteiger partial charge in [-0.3, -0.25) is 0 Å². The molecule has 1 unspecified atom stereocenters. The Hall–Kier alpha value is -2.92. The maximum Gasteiger partial charge on any atom is 0.338 e. The van der Waals surface area contributed by atoms with E-state index in [2.05, 4.69) is 10.6 Å². The number of nitrogens with one attached hydrogen (secondary N) is 2. The Balaban J connectivity index is 1.79. The second-order valence-electron chi connectivity index (χ2n) is 8.09. The van der Waals surface area contributed by atoms with Crippen LogP contribution in [-0.2, 0) is 24.3 Å². The highest BCUT2D eigenvalue weighted by Gasteiger charge is 2.32. The van der Waals surface area contributed by atoms with Gasteiger partial charge in [0, 0.05) is 13.1 Å². The van der Waals surface area contributed by atoms with Crippen LogP contribution in [0.5, 0.6) is 0 Å². The summed E-state index contributed by atoms with van der Waals surface area (Å²) in [5, 5.41) is 5.15. The van der Waals surface area contributed by atoms with E-state index < -0.39 is 34.0 Å². The van der Waals surface area contributed by atoms with Gasteiger partial charge in [0.05, 0.1) is 34.4 Å². The number of carbonyl (C=O) groups is 3. The Bertz CT molecular complexity index is 1060. The lowest BCUT2D eigenvalue weighted by molar-refractivity contribution is -0.139. The topological polar surface area (TPSA) is 131 Å². The van der Waals surface area contributed by atoms with Crippen molar-refractivity contribution in [1.82, 2.24) is 14.9 Å². The molecule has 0 spiro atoms. The zero-order valence-electron chi connectivity index (χ0n) is 19.5. The zero-order chi connectivity index (χ0) is 24.7. The summed E-state index contributed by atoms with van der Waals surface area (Å²) >= 11 is 0. The molecular weight excluding hydrogens is 462 g/mol. The standard InChI is InChI=1S/C23H31N3O7S/c1-3-18-20(22(28)32-4-2)19(25-23(29)24-18)15-33-21(27)16-10-9-11-17(14-16)34(30,31)26-12-7-5-6-8-13-26/h9-11,14,18H,3-8,12-13,15H2,1-2H3,(H2,24,25,29). The lowest BCUT2D eigenvalue weighted by atomic mass is 10.0. The fourth-order valence-corrected chi connectivity index (χ4v) is 5.57. The van der Waals surface area contributed by atoms with E-state index >= 15 is 0 Å². The minimum absolute atomic E-state index is 0.0245. The molecule has 34 heavy (non-hydrogen) atoms. The average Bonchev–Trinajstić information content (AvgIpc) is 3.12. The van der Waals surface area contributed by atoms with Gasteiger partial charge in [-0.25, -0.2) is 22.8 Å². The van der Waals surface area contributed by atoms with E-state index in [4.69, 9.17) is 9.47 Å². The summed E-state index contributed by atoms with van der Waals surface area (Å²) in [5.74, 6) is -1.39. The smallest absolute Gasteiger partial charge is 0.338 e. The van der Waals surface area contributed by atoms with E-state index in [1.165, 1.54) is 28.6 Å². The van der Waals surface area contributed by atoms with Crippen LogP contribution in [-0.4, -0.2) is 63.0 Å². The van der Waals surface area contributed by atoms with Crippen molar-refractivity contribution in [2.75, 3.05) is 26.3 Å². The SMILES string of the molecule is CCOC(=O)C1=C(COC(=O)c2cccc(S(=O)(=O)N3CCCCCC3)c2)NC(=O)NC1CC. The molecule has 186 valence electrons. The Morgan fingerprint density at radius 3 is 2.41 bits per heavy atom. The van der Waals surface area contributed by atoms with E-state index in [-0.39, 0.29) is 34.9 Å². The molecule has 3 rings (SSSR count). The van der Waals surface area contributed by atoms with Crippen LogP contribution in [0.15, 0.2) is 40.4 Å². The molecule has 2 aliphatic heterocycles. The number of urea groups is 1. The summed E-state index contributed by atoms with van der Waals surface area (Å²) in [5.41, 5.74) is 0.381. The van der Waals surface area contributed by atoms with Crippen LogP contribution in [0.3, 0.4) is 0 Å². The number of carbonyl (C=O) groups excluding carboxylic acids is 3. The van der Waals surface area contributed by atoms with Gasteiger partial charge < -0.3 is 20.1 Å². The van der Waals surface area contributed by atoms with Crippen molar-refractivity contribution in [3.05, 3.63) is 41.1 Å². The monoisotopic (exact) mass is 493 g/mol. The third kappa shape index (κ3) is 5.95. The van der Waals surface area contributed by atoms with Gasteiger partial charge in [0.15, 0.2) is 0 Å².